The molecule has 3 amide bonds. The number of amides is 3. The summed E-state index contributed by atoms with van der Waals surface area (Å²) in [7, 11) is 1.55. The number of carbonyl (C=O) groups excluding carboxylic acids is 3. The molecule has 228 valence electrons. The fourth-order valence-corrected chi connectivity index (χ4v) is 5.00. The molecule has 6 heteroatoms. The van der Waals surface area contributed by atoms with E-state index in [-0.39, 0.29) is 17.7 Å². The second-order valence-electron chi connectivity index (χ2n) is 11.3. The Morgan fingerprint density at radius 2 is 0.725 bits per heavy atom. The lowest BCUT2D eigenvalue weighted by atomic mass is 10.0. The minimum Gasteiger partial charge on any atom is -0.355 e. The predicted octanol–water partition coefficient (Wildman–Crippen LogP) is 8.35. The number of benzene rings is 1. The van der Waals surface area contributed by atoms with Crippen molar-refractivity contribution in [1.29, 1.82) is 0 Å². The van der Waals surface area contributed by atoms with Crippen molar-refractivity contribution in [2.75, 3.05) is 20.1 Å². The fourth-order valence-electron chi connectivity index (χ4n) is 5.00. The zero-order valence-corrected chi connectivity index (χ0v) is 26.0. The standard InChI is InChI=1S/C34H59N3O3/c1-4-6-8-10-12-14-16-18-20-22-24-36-33(39)30-26-29(32(38)35-3)27-31(28-30)34(40)37-25-23-21-19-17-15-13-11-9-7-5-2/h26-28H,4-25H2,1-3H3,(H,35,38)(H,36,39)(H,37,40). The molecule has 6 nitrogen and oxygen atoms in total. The second kappa shape index (κ2) is 24.4. The van der Waals surface area contributed by atoms with Gasteiger partial charge in [0.1, 0.15) is 0 Å². The highest BCUT2D eigenvalue weighted by atomic mass is 16.2. The van der Waals surface area contributed by atoms with E-state index in [9.17, 15) is 14.4 Å². The van der Waals surface area contributed by atoms with Gasteiger partial charge in [0.25, 0.3) is 17.7 Å². The van der Waals surface area contributed by atoms with Crippen LogP contribution < -0.4 is 16.0 Å². The second-order valence-corrected chi connectivity index (χ2v) is 11.3. The summed E-state index contributed by atoms with van der Waals surface area (Å²) in [6, 6.07) is 4.71. The third-order valence-electron chi connectivity index (χ3n) is 7.58. The number of unbranched alkanes of at least 4 members (excludes halogenated alkanes) is 18. The highest BCUT2D eigenvalue weighted by Gasteiger charge is 2.15. The molecular weight excluding hydrogens is 498 g/mol. The fraction of sp³-hybridized carbons (Fsp3) is 0.735. The lowest BCUT2D eigenvalue weighted by Crippen LogP contribution is -2.28. The van der Waals surface area contributed by atoms with Gasteiger partial charge in [0.2, 0.25) is 0 Å². The lowest BCUT2D eigenvalue weighted by molar-refractivity contribution is 0.0952. The number of hydrogen-bond acceptors (Lipinski definition) is 3. The van der Waals surface area contributed by atoms with Crippen molar-refractivity contribution in [3.63, 3.8) is 0 Å². The Bertz CT molecular complexity index is 768. The quantitative estimate of drug-likeness (QED) is 0.106. The van der Waals surface area contributed by atoms with Crippen LogP contribution in [0.4, 0.5) is 0 Å². The average molecular weight is 558 g/mol. The van der Waals surface area contributed by atoms with Crippen molar-refractivity contribution in [2.45, 2.75) is 142 Å². The molecule has 0 aliphatic rings. The van der Waals surface area contributed by atoms with Crippen LogP contribution in [0.25, 0.3) is 0 Å². The Hall–Kier alpha value is -2.37. The Morgan fingerprint density at radius 3 is 1.02 bits per heavy atom. The van der Waals surface area contributed by atoms with Gasteiger partial charge in [-0.25, -0.2) is 0 Å². The summed E-state index contributed by atoms with van der Waals surface area (Å²) in [5.41, 5.74) is 1.01. The first-order valence-corrected chi connectivity index (χ1v) is 16.5. The van der Waals surface area contributed by atoms with Gasteiger partial charge in [0.05, 0.1) is 0 Å². The van der Waals surface area contributed by atoms with Gasteiger partial charge in [-0.05, 0) is 31.0 Å². The van der Waals surface area contributed by atoms with Gasteiger partial charge in [0.15, 0.2) is 0 Å². The number of carbonyl (C=O) groups is 3. The molecule has 0 aromatic heterocycles. The molecule has 40 heavy (non-hydrogen) atoms. The molecule has 3 N–H and O–H groups in total. The molecule has 0 bridgehead atoms. The van der Waals surface area contributed by atoms with Gasteiger partial charge < -0.3 is 16.0 Å². The van der Waals surface area contributed by atoms with E-state index in [1.165, 1.54) is 103 Å². The molecule has 0 aliphatic heterocycles. The molecule has 0 aliphatic carbocycles. The van der Waals surface area contributed by atoms with Crippen LogP contribution in [0.3, 0.4) is 0 Å². The molecular formula is C34H59N3O3. The van der Waals surface area contributed by atoms with E-state index < -0.39 is 0 Å². The molecule has 0 radical (unpaired) electrons. The summed E-state index contributed by atoms with van der Waals surface area (Å²) in [4.78, 5) is 38.0. The minimum absolute atomic E-state index is 0.245. The van der Waals surface area contributed by atoms with Crippen LogP contribution in [0.5, 0.6) is 0 Å². The van der Waals surface area contributed by atoms with Crippen molar-refractivity contribution in [2.24, 2.45) is 0 Å². The summed E-state index contributed by atoms with van der Waals surface area (Å²) in [5, 5.41) is 8.52. The first kappa shape index (κ1) is 35.7. The van der Waals surface area contributed by atoms with E-state index in [4.69, 9.17) is 0 Å². The van der Waals surface area contributed by atoms with Gasteiger partial charge >= 0.3 is 0 Å². The maximum atomic E-state index is 12.8. The number of hydrogen-bond donors (Lipinski definition) is 3. The van der Waals surface area contributed by atoms with Crippen LogP contribution in [0.2, 0.25) is 0 Å². The summed E-state index contributed by atoms with van der Waals surface area (Å²) >= 11 is 0. The van der Waals surface area contributed by atoms with E-state index in [1.807, 2.05) is 0 Å². The summed E-state index contributed by atoms with van der Waals surface area (Å²) < 4.78 is 0. The van der Waals surface area contributed by atoms with E-state index in [0.717, 1.165) is 25.7 Å². The van der Waals surface area contributed by atoms with E-state index in [2.05, 4.69) is 29.8 Å². The zero-order valence-electron chi connectivity index (χ0n) is 26.0. The van der Waals surface area contributed by atoms with Crippen molar-refractivity contribution in [1.82, 2.24) is 16.0 Å². The largest absolute Gasteiger partial charge is 0.355 e. The first-order valence-electron chi connectivity index (χ1n) is 16.5. The van der Waals surface area contributed by atoms with Crippen molar-refractivity contribution >= 4 is 17.7 Å². The minimum atomic E-state index is -0.312. The molecule has 1 aromatic rings. The molecule has 0 heterocycles. The Labute approximate surface area is 245 Å². The van der Waals surface area contributed by atoms with Gasteiger partial charge in [-0.2, -0.15) is 0 Å². The van der Waals surface area contributed by atoms with Crippen LogP contribution in [0.15, 0.2) is 18.2 Å². The summed E-state index contributed by atoms with van der Waals surface area (Å²) in [6.45, 7) is 5.68. The number of nitrogens with one attached hydrogen (secondary N) is 3. The van der Waals surface area contributed by atoms with Crippen molar-refractivity contribution in [3.05, 3.63) is 34.9 Å². The van der Waals surface area contributed by atoms with E-state index in [1.54, 1.807) is 25.2 Å². The smallest absolute Gasteiger partial charge is 0.251 e. The average Bonchev–Trinajstić information content (AvgIpc) is 2.97. The number of rotatable bonds is 25. The highest BCUT2D eigenvalue weighted by Crippen LogP contribution is 2.14. The predicted molar refractivity (Wildman–Crippen MR) is 168 cm³/mol. The third kappa shape index (κ3) is 17.3. The maximum Gasteiger partial charge on any atom is 0.251 e. The Kier molecular flexibility index (Phi) is 21.8. The summed E-state index contributed by atoms with van der Waals surface area (Å²) in [6.07, 6.45) is 24.9. The van der Waals surface area contributed by atoms with Gasteiger partial charge in [0, 0.05) is 36.8 Å². The zero-order chi connectivity index (χ0) is 29.3. The first-order chi connectivity index (χ1) is 19.5. The van der Waals surface area contributed by atoms with Crippen molar-refractivity contribution < 1.29 is 14.4 Å². The van der Waals surface area contributed by atoms with Crippen LogP contribution >= 0.6 is 0 Å². The molecule has 0 unspecified atom stereocenters. The van der Waals surface area contributed by atoms with Crippen LogP contribution in [-0.2, 0) is 0 Å². The molecule has 0 fully saturated rings. The topological polar surface area (TPSA) is 87.3 Å². The summed E-state index contributed by atoms with van der Waals surface area (Å²) in [5.74, 6) is -0.802. The Balaban J connectivity index is 2.39. The monoisotopic (exact) mass is 557 g/mol. The normalized spacial score (nSPS) is 10.9. The van der Waals surface area contributed by atoms with Gasteiger partial charge in [-0.1, -0.05) is 129 Å². The molecule has 0 saturated carbocycles. The molecule has 0 saturated heterocycles. The Morgan fingerprint density at radius 1 is 0.450 bits per heavy atom. The SMILES string of the molecule is CCCCCCCCCCCCNC(=O)c1cc(C(=O)NC)cc(C(=O)NCCCCCCCCCCCC)c1. The lowest BCUT2D eigenvalue weighted by Gasteiger charge is -2.11. The van der Waals surface area contributed by atoms with Crippen molar-refractivity contribution in [3.8, 4) is 0 Å². The van der Waals surface area contributed by atoms with E-state index >= 15 is 0 Å². The maximum absolute atomic E-state index is 12.8. The third-order valence-corrected chi connectivity index (χ3v) is 7.58. The van der Waals surface area contributed by atoms with Crippen LogP contribution in [0, 0.1) is 0 Å². The van der Waals surface area contributed by atoms with E-state index in [0.29, 0.717) is 29.8 Å². The molecule has 0 spiro atoms. The highest BCUT2D eigenvalue weighted by molar-refractivity contribution is 6.04. The molecule has 1 aromatic carbocycles. The van der Waals surface area contributed by atoms with Gasteiger partial charge in [-0.3, -0.25) is 14.4 Å². The van der Waals surface area contributed by atoms with Crippen LogP contribution in [0.1, 0.15) is 173 Å². The van der Waals surface area contributed by atoms with Crippen LogP contribution in [-0.4, -0.2) is 37.9 Å². The molecule has 0 atom stereocenters. The van der Waals surface area contributed by atoms with Gasteiger partial charge in [-0.15, -0.1) is 0 Å². The molecule has 1 rings (SSSR count).